The average Bonchev–Trinajstić information content (AvgIpc) is 3.15. The van der Waals surface area contributed by atoms with Crippen LogP contribution in [0.4, 0.5) is 5.82 Å². The molecule has 25 heavy (non-hydrogen) atoms. The number of nitrogens with one attached hydrogen (secondary N) is 2. The van der Waals surface area contributed by atoms with E-state index in [0.29, 0.717) is 36.7 Å². The van der Waals surface area contributed by atoms with Crippen molar-refractivity contribution in [2.75, 3.05) is 18.4 Å². The van der Waals surface area contributed by atoms with Crippen LogP contribution in [0.25, 0.3) is 10.9 Å². The highest BCUT2D eigenvalue weighted by Gasteiger charge is 2.08. The van der Waals surface area contributed by atoms with E-state index in [1.807, 2.05) is 31.2 Å². The van der Waals surface area contributed by atoms with Crippen LogP contribution in [0.5, 0.6) is 0 Å². The van der Waals surface area contributed by atoms with Crippen molar-refractivity contribution in [2.24, 2.45) is 0 Å². The topological polar surface area (TPSA) is 91.0 Å². The Labute approximate surface area is 145 Å². The van der Waals surface area contributed by atoms with Gasteiger partial charge in [-0.05, 0) is 43.2 Å². The van der Waals surface area contributed by atoms with Crippen LogP contribution >= 0.6 is 0 Å². The minimum Gasteiger partial charge on any atom is -0.459 e. The average molecular weight is 334 g/mol. The second-order valence-corrected chi connectivity index (χ2v) is 5.71. The largest absolute Gasteiger partial charge is 0.459 e. The number of nitrogens with zero attached hydrogens (tertiary/aromatic N) is 2. The first-order valence-electron chi connectivity index (χ1n) is 8.04. The second-order valence-electron chi connectivity index (χ2n) is 5.71. The summed E-state index contributed by atoms with van der Waals surface area (Å²) >= 11 is 0. The minimum atomic E-state index is -0.234. The molecule has 1 amide bonds. The number of pyridine rings is 1. The third kappa shape index (κ3) is 3.96. The van der Waals surface area contributed by atoms with Gasteiger partial charge in [-0.15, -0.1) is 0 Å². The van der Waals surface area contributed by atoms with Crippen LogP contribution in [0.2, 0.25) is 0 Å². The number of hydrogen-bond donors (Lipinski definition) is 2. The van der Waals surface area contributed by atoms with Crippen molar-refractivity contribution in [2.45, 2.75) is 13.3 Å². The van der Waals surface area contributed by atoms with E-state index < -0.39 is 0 Å². The monoisotopic (exact) mass is 334 g/mol. The highest BCUT2D eigenvalue weighted by molar-refractivity contribution is 5.91. The van der Waals surface area contributed by atoms with Gasteiger partial charge in [0.05, 0.1) is 17.3 Å². The van der Waals surface area contributed by atoms with Crippen molar-refractivity contribution in [3.05, 3.63) is 59.5 Å². The fourth-order valence-electron chi connectivity index (χ4n) is 2.49. The number of rotatable bonds is 6. The van der Waals surface area contributed by atoms with Gasteiger partial charge >= 0.3 is 0 Å². The van der Waals surface area contributed by atoms with Gasteiger partial charge in [-0.2, -0.15) is 5.26 Å². The number of furan rings is 1. The molecular weight excluding hydrogens is 316 g/mol. The zero-order valence-electron chi connectivity index (χ0n) is 13.9. The zero-order valence-corrected chi connectivity index (χ0v) is 13.9. The number of aromatic nitrogens is 1. The Morgan fingerprint density at radius 2 is 2.16 bits per heavy atom. The van der Waals surface area contributed by atoms with E-state index >= 15 is 0 Å². The Balaban J connectivity index is 1.57. The quantitative estimate of drug-likeness (QED) is 0.675. The third-order valence-electron chi connectivity index (χ3n) is 3.77. The summed E-state index contributed by atoms with van der Waals surface area (Å²) < 4.78 is 5.03. The van der Waals surface area contributed by atoms with Gasteiger partial charge in [0.25, 0.3) is 5.91 Å². The van der Waals surface area contributed by atoms with Gasteiger partial charge in [0.1, 0.15) is 11.9 Å². The SMILES string of the molecule is Cc1ccc2cc(C#N)c(NCCCNC(=O)c3ccco3)nc2c1. The highest BCUT2D eigenvalue weighted by atomic mass is 16.3. The van der Waals surface area contributed by atoms with Crippen LogP contribution < -0.4 is 10.6 Å². The molecule has 0 radical (unpaired) electrons. The van der Waals surface area contributed by atoms with Gasteiger partial charge in [-0.25, -0.2) is 4.98 Å². The number of benzene rings is 1. The Kier molecular flexibility index (Phi) is 4.95. The smallest absolute Gasteiger partial charge is 0.286 e. The molecule has 0 unspecified atom stereocenters. The summed E-state index contributed by atoms with van der Waals surface area (Å²) in [6, 6.07) is 13.3. The predicted molar refractivity (Wildman–Crippen MR) is 95.3 cm³/mol. The molecule has 0 aliphatic rings. The van der Waals surface area contributed by atoms with Crippen LogP contribution in [0.3, 0.4) is 0 Å². The molecule has 2 N–H and O–H groups in total. The summed E-state index contributed by atoms with van der Waals surface area (Å²) in [4.78, 5) is 16.3. The molecule has 1 aromatic carbocycles. The van der Waals surface area contributed by atoms with Gasteiger partial charge < -0.3 is 15.1 Å². The fourth-order valence-corrected chi connectivity index (χ4v) is 2.49. The second kappa shape index (κ2) is 7.49. The van der Waals surface area contributed by atoms with Gasteiger partial charge in [0.2, 0.25) is 0 Å². The van der Waals surface area contributed by atoms with Crippen molar-refractivity contribution < 1.29 is 9.21 Å². The Morgan fingerprint density at radius 1 is 1.28 bits per heavy atom. The van der Waals surface area contributed by atoms with Crippen LogP contribution in [-0.4, -0.2) is 24.0 Å². The lowest BCUT2D eigenvalue weighted by Crippen LogP contribution is -2.25. The number of hydrogen-bond acceptors (Lipinski definition) is 5. The van der Waals surface area contributed by atoms with E-state index in [4.69, 9.17) is 4.42 Å². The molecule has 0 bridgehead atoms. The van der Waals surface area contributed by atoms with Crippen molar-refractivity contribution in [1.29, 1.82) is 5.26 Å². The lowest BCUT2D eigenvalue weighted by Gasteiger charge is -2.09. The summed E-state index contributed by atoms with van der Waals surface area (Å²) in [6.45, 7) is 3.10. The lowest BCUT2D eigenvalue weighted by atomic mass is 10.1. The standard InChI is InChI=1S/C19H18N4O2/c1-13-5-6-14-11-15(12-20)18(23-16(14)10-13)21-7-3-8-22-19(24)17-4-2-9-25-17/h2,4-6,9-11H,3,7-8H2,1H3,(H,21,23)(H,22,24). The molecule has 126 valence electrons. The number of amides is 1. The fraction of sp³-hybridized carbons (Fsp3) is 0.211. The summed E-state index contributed by atoms with van der Waals surface area (Å²) in [6.07, 6.45) is 2.16. The molecule has 0 atom stereocenters. The molecule has 2 heterocycles. The molecule has 6 heteroatoms. The zero-order chi connectivity index (χ0) is 17.6. The van der Waals surface area contributed by atoms with E-state index in [0.717, 1.165) is 16.5 Å². The summed E-state index contributed by atoms with van der Waals surface area (Å²) in [7, 11) is 0. The first-order chi connectivity index (χ1) is 12.2. The maximum Gasteiger partial charge on any atom is 0.286 e. The third-order valence-corrected chi connectivity index (χ3v) is 3.77. The minimum absolute atomic E-state index is 0.234. The maximum absolute atomic E-state index is 11.7. The first kappa shape index (κ1) is 16.5. The van der Waals surface area contributed by atoms with Crippen LogP contribution in [0.1, 0.15) is 28.1 Å². The van der Waals surface area contributed by atoms with Crippen molar-refractivity contribution in [3.8, 4) is 6.07 Å². The number of fused-ring (bicyclic) bond motifs is 1. The van der Waals surface area contributed by atoms with Crippen molar-refractivity contribution >= 4 is 22.6 Å². The lowest BCUT2D eigenvalue weighted by molar-refractivity contribution is 0.0926. The maximum atomic E-state index is 11.7. The summed E-state index contributed by atoms with van der Waals surface area (Å²) in [5, 5.41) is 16.2. The number of nitriles is 1. The molecule has 3 aromatic rings. The Hall–Kier alpha value is -3.33. The molecule has 0 aliphatic carbocycles. The van der Waals surface area contributed by atoms with Gasteiger partial charge in [0, 0.05) is 18.5 Å². The number of carbonyl (C=O) groups excluding carboxylic acids is 1. The number of anilines is 1. The van der Waals surface area contributed by atoms with Crippen LogP contribution in [0.15, 0.2) is 47.1 Å². The normalized spacial score (nSPS) is 10.4. The molecule has 6 nitrogen and oxygen atoms in total. The van der Waals surface area contributed by atoms with E-state index in [1.165, 1.54) is 6.26 Å². The Morgan fingerprint density at radius 3 is 2.92 bits per heavy atom. The summed E-state index contributed by atoms with van der Waals surface area (Å²) in [5.41, 5.74) is 2.49. The van der Waals surface area contributed by atoms with E-state index in [1.54, 1.807) is 12.1 Å². The Bertz CT molecular complexity index is 926. The van der Waals surface area contributed by atoms with Crippen LogP contribution in [0, 0.1) is 18.3 Å². The van der Waals surface area contributed by atoms with Crippen LogP contribution in [-0.2, 0) is 0 Å². The van der Waals surface area contributed by atoms with Crippen molar-refractivity contribution in [3.63, 3.8) is 0 Å². The van der Waals surface area contributed by atoms with E-state index in [9.17, 15) is 10.1 Å². The molecule has 2 aromatic heterocycles. The van der Waals surface area contributed by atoms with E-state index in [-0.39, 0.29) is 5.91 Å². The van der Waals surface area contributed by atoms with E-state index in [2.05, 4.69) is 21.7 Å². The number of aryl methyl sites for hydroxylation is 1. The first-order valence-corrected chi connectivity index (χ1v) is 8.04. The molecule has 3 rings (SSSR count). The molecule has 0 fully saturated rings. The molecule has 0 saturated heterocycles. The summed E-state index contributed by atoms with van der Waals surface area (Å²) in [5.74, 6) is 0.631. The molecular formula is C19H18N4O2. The highest BCUT2D eigenvalue weighted by Crippen LogP contribution is 2.21. The molecule has 0 spiro atoms. The van der Waals surface area contributed by atoms with Crippen molar-refractivity contribution in [1.82, 2.24) is 10.3 Å². The molecule has 0 aliphatic heterocycles. The van der Waals surface area contributed by atoms with Gasteiger partial charge in [-0.1, -0.05) is 12.1 Å². The van der Waals surface area contributed by atoms with Gasteiger partial charge in [-0.3, -0.25) is 4.79 Å². The number of carbonyl (C=O) groups is 1. The predicted octanol–water partition coefficient (Wildman–Crippen LogP) is 3.24. The molecule has 0 saturated carbocycles. The van der Waals surface area contributed by atoms with Gasteiger partial charge in [0.15, 0.2) is 5.76 Å².